The number of ether oxygens (including phenoxy) is 3. The molecule has 2 atom stereocenters. The van der Waals surface area contributed by atoms with Gasteiger partial charge in [-0.3, -0.25) is 14.4 Å². The Morgan fingerprint density at radius 2 is 0.625 bits per heavy atom. The van der Waals surface area contributed by atoms with E-state index >= 15 is 0 Å². The van der Waals surface area contributed by atoms with Crippen molar-refractivity contribution in [2.75, 3.05) is 13.2 Å². The van der Waals surface area contributed by atoms with Gasteiger partial charge in [-0.15, -0.1) is 0 Å². The second-order valence-electron chi connectivity index (χ2n) is 17.3. The van der Waals surface area contributed by atoms with Gasteiger partial charge in [-0.05, 0) is 25.2 Å². The summed E-state index contributed by atoms with van der Waals surface area (Å²) in [5, 5.41) is 0. The molecule has 0 spiro atoms. The lowest BCUT2D eigenvalue weighted by Gasteiger charge is -2.18. The van der Waals surface area contributed by atoms with E-state index in [2.05, 4.69) is 27.7 Å². The highest BCUT2D eigenvalue weighted by atomic mass is 16.6. The Morgan fingerprint density at radius 1 is 0.357 bits per heavy atom. The molecule has 0 radical (unpaired) electrons. The molecule has 0 saturated heterocycles. The van der Waals surface area contributed by atoms with Crippen LogP contribution in [0.1, 0.15) is 278 Å². The molecule has 0 N–H and O–H groups in total. The first-order valence-corrected chi connectivity index (χ1v) is 24.9. The van der Waals surface area contributed by atoms with Crippen LogP contribution in [-0.2, 0) is 28.6 Å². The average Bonchev–Trinajstić information content (AvgIpc) is 3.19. The van der Waals surface area contributed by atoms with Crippen LogP contribution in [0, 0.1) is 5.92 Å². The first-order chi connectivity index (χ1) is 27.4. The summed E-state index contributed by atoms with van der Waals surface area (Å²) in [5.74, 6) is -0.0406. The molecule has 1 unspecified atom stereocenters. The van der Waals surface area contributed by atoms with Crippen molar-refractivity contribution < 1.29 is 28.6 Å². The normalized spacial score (nSPS) is 12.4. The van der Waals surface area contributed by atoms with E-state index in [1.54, 1.807) is 0 Å². The fourth-order valence-electron chi connectivity index (χ4n) is 7.48. The molecule has 0 aromatic carbocycles. The summed E-state index contributed by atoms with van der Waals surface area (Å²) in [6, 6.07) is 0. The minimum Gasteiger partial charge on any atom is -0.462 e. The number of carbonyl (C=O) groups excluding carboxylic acids is 3. The zero-order valence-corrected chi connectivity index (χ0v) is 38.1. The van der Waals surface area contributed by atoms with Crippen LogP contribution in [0.25, 0.3) is 0 Å². The summed E-state index contributed by atoms with van der Waals surface area (Å²) in [6.07, 6.45) is 45.1. The summed E-state index contributed by atoms with van der Waals surface area (Å²) in [5.41, 5.74) is 0. The number of carbonyl (C=O) groups is 3. The maximum Gasteiger partial charge on any atom is 0.306 e. The highest BCUT2D eigenvalue weighted by Crippen LogP contribution is 2.17. The van der Waals surface area contributed by atoms with E-state index < -0.39 is 6.10 Å². The monoisotopic (exact) mass is 793 g/mol. The van der Waals surface area contributed by atoms with Gasteiger partial charge in [0.25, 0.3) is 0 Å². The van der Waals surface area contributed by atoms with E-state index in [9.17, 15) is 14.4 Å². The number of hydrogen-bond donors (Lipinski definition) is 0. The van der Waals surface area contributed by atoms with E-state index in [-0.39, 0.29) is 31.1 Å². The average molecular weight is 793 g/mol. The molecule has 0 aliphatic carbocycles. The Morgan fingerprint density at radius 3 is 0.929 bits per heavy atom. The molecule has 0 saturated carbocycles. The van der Waals surface area contributed by atoms with Gasteiger partial charge in [0.05, 0.1) is 0 Å². The van der Waals surface area contributed by atoms with Crippen LogP contribution in [-0.4, -0.2) is 37.2 Å². The van der Waals surface area contributed by atoms with Crippen molar-refractivity contribution in [3.63, 3.8) is 0 Å². The molecular formula is C50H96O6. The van der Waals surface area contributed by atoms with Gasteiger partial charge in [0.1, 0.15) is 13.2 Å². The third-order valence-electron chi connectivity index (χ3n) is 11.7. The van der Waals surface area contributed by atoms with Gasteiger partial charge in [-0.1, -0.05) is 240 Å². The van der Waals surface area contributed by atoms with Crippen LogP contribution in [0.2, 0.25) is 0 Å². The van der Waals surface area contributed by atoms with E-state index in [0.717, 1.165) is 63.7 Å². The highest BCUT2D eigenvalue weighted by Gasteiger charge is 2.19. The molecular weight excluding hydrogens is 697 g/mol. The summed E-state index contributed by atoms with van der Waals surface area (Å²) in [6.45, 7) is 8.99. The topological polar surface area (TPSA) is 78.9 Å². The van der Waals surface area contributed by atoms with Crippen molar-refractivity contribution in [2.24, 2.45) is 5.92 Å². The molecule has 6 nitrogen and oxygen atoms in total. The maximum absolute atomic E-state index is 12.7. The molecule has 0 aromatic rings. The summed E-state index contributed by atoms with van der Waals surface area (Å²) < 4.78 is 16.8. The Labute approximate surface area is 348 Å². The molecule has 0 amide bonds. The second-order valence-corrected chi connectivity index (χ2v) is 17.3. The predicted molar refractivity (Wildman–Crippen MR) is 238 cm³/mol. The Balaban J connectivity index is 4.29. The van der Waals surface area contributed by atoms with Gasteiger partial charge in [0, 0.05) is 19.3 Å². The second kappa shape index (κ2) is 44.5. The molecule has 56 heavy (non-hydrogen) atoms. The van der Waals surface area contributed by atoms with Gasteiger partial charge >= 0.3 is 17.9 Å². The first-order valence-electron chi connectivity index (χ1n) is 24.9. The van der Waals surface area contributed by atoms with E-state index in [1.807, 2.05) is 0 Å². The van der Waals surface area contributed by atoms with Gasteiger partial charge in [0.15, 0.2) is 6.10 Å². The van der Waals surface area contributed by atoms with Crippen LogP contribution < -0.4 is 0 Å². The van der Waals surface area contributed by atoms with Crippen molar-refractivity contribution in [1.29, 1.82) is 0 Å². The third-order valence-corrected chi connectivity index (χ3v) is 11.7. The number of unbranched alkanes of at least 4 members (excludes halogenated alkanes) is 31. The smallest absolute Gasteiger partial charge is 0.306 e. The van der Waals surface area contributed by atoms with Crippen LogP contribution >= 0.6 is 0 Å². The van der Waals surface area contributed by atoms with Crippen molar-refractivity contribution in [3.8, 4) is 0 Å². The quantitative estimate of drug-likeness (QED) is 0.0347. The zero-order chi connectivity index (χ0) is 41.0. The van der Waals surface area contributed by atoms with Gasteiger partial charge < -0.3 is 14.2 Å². The Kier molecular flexibility index (Phi) is 43.2. The minimum atomic E-state index is -0.761. The van der Waals surface area contributed by atoms with Crippen molar-refractivity contribution >= 4 is 17.9 Å². The van der Waals surface area contributed by atoms with Crippen LogP contribution in [0.15, 0.2) is 0 Å². The minimum absolute atomic E-state index is 0.0640. The van der Waals surface area contributed by atoms with Crippen molar-refractivity contribution in [2.45, 2.75) is 284 Å². The summed E-state index contributed by atoms with van der Waals surface area (Å²) in [4.78, 5) is 37.8. The molecule has 0 rings (SSSR count). The number of hydrogen-bond acceptors (Lipinski definition) is 6. The first kappa shape index (κ1) is 54.4. The molecule has 0 heterocycles. The SMILES string of the molecule is CCCCCCCCCCCCCCCCCC(=O)OC[C@@H](COC(=O)CCCCCCCCCCCCCCC)OC(=O)CCCCCCCCC(C)CC. The lowest BCUT2D eigenvalue weighted by atomic mass is 10.00. The maximum atomic E-state index is 12.7. The highest BCUT2D eigenvalue weighted by molar-refractivity contribution is 5.71. The fraction of sp³-hybridized carbons (Fsp3) is 0.940. The molecule has 332 valence electrons. The van der Waals surface area contributed by atoms with E-state index in [1.165, 1.54) is 173 Å². The summed E-state index contributed by atoms with van der Waals surface area (Å²) >= 11 is 0. The molecule has 0 aliphatic rings. The fourth-order valence-corrected chi connectivity index (χ4v) is 7.48. The molecule has 0 bridgehead atoms. The largest absolute Gasteiger partial charge is 0.462 e. The summed E-state index contributed by atoms with van der Waals surface area (Å²) in [7, 11) is 0. The van der Waals surface area contributed by atoms with Crippen molar-refractivity contribution in [3.05, 3.63) is 0 Å². The van der Waals surface area contributed by atoms with Gasteiger partial charge in [-0.25, -0.2) is 0 Å². The predicted octanol–water partition coefficient (Wildman–Crippen LogP) is 15.9. The van der Waals surface area contributed by atoms with E-state index in [0.29, 0.717) is 19.3 Å². The Bertz CT molecular complexity index is 843. The lowest BCUT2D eigenvalue weighted by Crippen LogP contribution is -2.30. The van der Waals surface area contributed by atoms with E-state index in [4.69, 9.17) is 14.2 Å². The van der Waals surface area contributed by atoms with Gasteiger partial charge in [-0.2, -0.15) is 0 Å². The molecule has 6 heteroatoms. The standard InChI is InChI=1S/C50H96O6/c1-5-8-10-12-14-16-18-20-21-23-25-27-29-34-38-42-49(52)55-45-47(56-50(53)43-39-35-31-30-32-36-40-46(4)7-3)44-54-48(51)41-37-33-28-26-24-22-19-17-15-13-11-9-6-2/h46-47H,5-45H2,1-4H3/t46?,47-/m1/s1. The third kappa shape index (κ3) is 42.0. The van der Waals surface area contributed by atoms with Crippen molar-refractivity contribution in [1.82, 2.24) is 0 Å². The van der Waals surface area contributed by atoms with Gasteiger partial charge in [0.2, 0.25) is 0 Å². The zero-order valence-electron chi connectivity index (χ0n) is 38.1. The van der Waals surface area contributed by atoms with Crippen LogP contribution in [0.5, 0.6) is 0 Å². The lowest BCUT2D eigenvalue weighted by molar-refractivity contribution is -0.167. The number of rotatable bonds is 45. The Hall–Kier alpha value is -1.59. The van der Waals surface area contributed by atoms with Crippen LogP contribution in [0.4, 0.5) is 0 Å². The van der Waals surface area contributed by atoms with Crippen LogP contribution in [0.3, 0.4) is 0 Å². The molecule has 0 aromatic heterocycles. The molecule has 0 fully saturated rings. The molecule has 0 aliphatic heterocycles. The number of esters is 3.